The molecule has 2 aliphatic rings. The molecule has 0 radical (unpaired) electrons. The Balaban J connectivity index is 2.04. The summed E-state index contributed by atoms with van der Waals surface area (Å²) in [6, 6.07) is 0. The van der Waals surface area contributed by atoms with Crippen molar-refractivity contribution in [3.63, 3.8) is 0 Å². The number of aliphatic hydroxyl groups is 6. The van der Waals surface area contributed by atoms with Crippen molar-refractivity contribution in [3.05, 3.63) is 0 Å². The largest absolute Gasteiger partial charge is 0.463 e. The Labute approximate surface area is 165 Å². The summed E-state index contributed by atoms with van der Waals surface area (Å²) in [6.45, 7) is 1.35. The molecule has 0 saturated carbocycles. The molecule has 2 fully saturated rings. The monoisotopic (exact) mass is 426 g/mol. The minimum atomic E-state index is -1.82. The fourth-order valence-electron chi connectivity index (χ4n) is 2.93. The summed E-state index contributed by atoms with van der Waals surface area (Å²) in [4.78, 5) is 21.8. The number of esters is 2. The number of carbonyl (C=O) groups excluding carboxylic acids is 2. The Bertz CT molecular complexity index is 571. The molecule has 13 nitrogen and oxygen atoms in total. The highest BCUT2D eigenvalue weighted by molar-refractivity contribution is 5.66. The first-order valence-electron chi connectivity index (χ1n) is 8.84. The Morgan fingerprint density at radius 3 is 1.72 bits per heavy atom. The Morgan fingerprint density at radius 2 is 1.21 bits per heavy atom. The van der Waals surface area contributed by atoms with Crippen molar-refractivity contribution in [3.8, 4) is 0 Å². The highest BCUT2D eigenvalue weighted by atomic mass is 16.7. The minimum Gasteiger partial charge on any atom is -0.463 e. The van der Waals surface area contributed by atoms with E-state index in [1.165, 1.54) is 0 Å². The molecule has 0 aromatic carbocycles. The van der Waals surface area contributed by atoms with E-state index in [4.69, 9.17) is 18.9 Å². The van der Waals surface area contributed by atoms with Crippen LogP contribution in [0, 0.1) is 0 Å². The summed E-state index contributed by atoms with van der Waals surface area (Å²) >= 11 is 0. The van der Waals surface area contributed by atoms with Gasteiger partial charge in [-0.2, -0.15) is 0 Å². The van der Waals surface area contributed by atoms with Crippen LogP contribution in [0.2, 0.25) is 0 Å². The van der Waals surface area contributed by atoms with Crippen molar-refractivity contribution < 1.29 is 63.9 Å². The van der Waals surface area contributed by atoms with E-state index in [2.05, 4.69) is 4.74 Å². The van der Waals surface area contributed by atoms with Crippen molar-refractivity contribution in [2.45, 2.75) is 75.3 Å². The van der Waals surface area contributed by atoms with Crippen LogP contribution in [-0.4, -0.2) is 117 Å². The van der Waals surface area contributed by atoms with Gasteiger partial charge < -0.3 is 54.3 Å². The summed E-state index contributed by atoms with van der Waals surface area (Å²) < 4.78 is 25.1. The maximum atomic E-state index is 10.9. The molecule has 168 valence electrons. The van der Waals surface area contributed by atoms with E-state index in [1.54, 1.807) is 0 Å². The molecule has 0 spiro atoms. The van der Waals surface area contributed by atoms with Gasteiger partial charge in [-0.05, 0) is 0 Å². The maximum absolute atomic E-state index is 10.9. The molecular formula is C16H26O13. The first-order valence-corrected chi connectivity index (χ1v) is 8.84. The van der Waals surface area contributed by atoms with Crippen LogP contribution < -0.4 is 0 Å². The second kappa shape index (κ2) is 10.1. The van der Waals surface area contributed by atoms with Crippen LogP contribution in [0.25, 0.3) is 0 Å². The predicted molar refractivity (Wildman–Crippen MR) is 87.7 cm³/mol. The van der Waals surface area contributed by atoms with E-state index in [9.17, 15) is 40.2 Å². The van der Waals surface area contributed by atoms with Crippen molar-refractivity contribution in [1.29, 1.82) is 0 Å². The van der Waals surface area contributed by atoms with Crippen LogP contribution in [0.15, 0.2) is 0 Å². The van der Waals surface area contributed by atoms with Crippen molar-refractivity contribution in [1.82, 2.24) is 0 Å². The lowest BCUT2D eigenvalue weighted by Crippen LogP contribution is -2.64. The van der Waals surface area contributed by atoms with Gasteiger partial charge in [-0.1, -0.05) is 0 Å². The van der Waals surface area contributed by atoms with Crippen LogP contribution in [0.4, 0.5) is 0 Å². The topological polar surface area (TPSA) is 202 Å². The molecule has 2 rings (SSSR count). The molecule has 0 aliphatic carbocycles. The minimum absolute atomic E-state index is 0.435. The van der Waals surface area contributed by atoms with E-state index in [0.717, 1.165) is 13.8 Å². The Hall–Kier alpha value is -1.42. The molecule has 2 heterocycles. The van der Waals surface area contributed by atoms with Crippen LogP contribution in [0.5, 0.6) is 0 Å². The van der Waals surface area contributed by atoms with E-state index in [0.29, 0.717) is 0 Å². The average molecular weight is 426 g/mol. The third-order valence-electron chi connectivity index (χ3n) is 4.52. The normalized spacial score (nSPS) is 42.9. The zero-order valence-corrected chi connectivity index (χ0v) is 15.7. The van der Waals surface area contributed by atoms with Gasteiger partial charge in [-0.25, -0.2) is 0 Å². The number of hydrogen-bond donors (Lipinski definition) is 6. The summed E-state index contributed by atoms with van der Waals surface area (Å²) in [7, 11) is 0. The standard InChI is InChI=1S/C16H26O13/c1-5(17)25-3-7-10(20)12(22)14(15(24)27-7)29-16-13(23)11(21)9(19)8(28-16)4-26-6(2)18/h7-16,19-24H,3-4H2,1-2H3/t7?,8?,9-,10-,11?,12?,13?,14?,15+,16+/m1/s1. The second-order valence-electron chi connectivity index (χ2n) is 6.77. The zero-order valence-electron chi connectivity index (χ0n) is 15.7. The molecule has 2 aliphatic heterocycles. The molecular weight excluding hydrogens is 400 g/mol. The summed E-state index contributed by atoms with van der Waals surface area (Å²) in [5.74, 6) is -1.33. The predicted octanol–water partition coefficient (Wildman–Crippen LogP) is -4.26. The molecule has 10 atom stereocenters. The third-order valence-corrected chi connectivity index (χ3v) is 4.52. The van der Waals surface area contributed by atoms with E-state index in [1.807, 2.05) is 0 Å². The van der Waals surface area contributed by atoms with Gasteiger partial charge in [0.25, 0.3) is 0 Å². The fraction of sp³-hybridized carbons (Fsp3) is 0.875. The molecule has 0 aromatic rings. The van der Waals surface area contributed by atoms with Crippen molar-refractivity contribution >= 4 is 11.9 Å². The van der Waals surface area contributed by atoms with E-state index in [-0.39, 0.29) is 0 Å². The quantitative estimate of drug-likeness (QED) is 0.223. The van der Waals surface area contributed by atoms with Crippen LogP contribution in [0.3, 0.4) is 0 Å². The number of rotatable bonds is 6. The van der Waals surface area contributed by atoms with E-state index >= 15 is 0 Å². The van der Waals surface area contributed by atoms with Crippen molar-refractivity contribution in [2.75, 3.05) is 13.2 Å². The summed E-state index contributed by atoms with van der Waals surface area (Å²) in [6.07, 6.45) is -16.2. The Morgan fingerprint density at radius 1 is 0.724 bits per heavy atom. The highest BCUT2D eigenvalue weighted by Crippen LogP contribution is 2.28. The van der Waals surface area contributed by atoms with Crippen molar-refractivity contribution in [2.24, 2.45) is 0 Å². The highest BCUT2D eigenvalue weighted by Gasteiger charge is 2.50. The molecule has 6 unspecified atom stereocenters. The number of aliphatic hydroxyl groups excluding tert-OH is 6. The van der Waals surface area contributed by atoms with Gasteiger partial charge >= 0.3 is 11.9 Å². The van der Waals surface area contributed by atoms with Gasteiger partial charge in [0.15, 0.2) is 12.6 Å². The molecule has 29 heavy (non-hydrogen) atoms. The zero-order chi connectivity index (χ0) is 21.9. The first kappa shape index (κ1) is 23.9. The van der Waals surface area contributed by atoms with Gasteiger partial charge in [0.1, 0.15) is 62.0 Å². The van der Waals surface area contributed by atoms with Gasteiger partial charge in [-0.3, -0.25) is 9.59 Å². The van der Waals surface area contributed by atoms with Crippen LogP contribution in [-0.2, 0) is 33.3 Å². The molecule has 6 N–H and O–H groups in total. The van der Waals surface area contributed by atoms with Crippen LogP contribution >= 0.6 is 0 Å². The van der Waals surface area contributed by atoms with Gasteiger partial charge in [-0.15, -0.1) is 0 Å². The van der Waals surface area contributed by atoms with E-state index < -0.39 is 86.6 Å². The number of carbonyl (C=O) groups is 2. The van der Waals surface area contributed by atoms with Gasteiger partial charge in [0, 0.05) is 13.8 Å². The third kappa shape index (κ3) is 5.81. The van der Waals surface area contributed by atoms with Crippen LogP contribution in [0.1, 0.15) is 13.8 Å². The Kier molecular flexibility index (Phi) is 8.28. The summed E-state index contributed by atoms with van der Waals surface area (Å²) in [5, 5.41) is 60.5. The lowest BCUT2D eigenvalue weighted by molar-refractivity contribution is -0.361. The summed E-state index contributed by atoms with van der Waals surface area (Å²) in [5.41, 5.74) is 0. The second-order valence-corrected chi connectivity index (χ2v) is 6.77. The van der Waals surface area contributed by atoms with Gasteiger partial charge in [0.2, 0.25) is 0 Å². The molecule has 2 saturated heterocycles. The number of hydrogen-bond acceptors (Lipinski definition) is 13. The lowest BCUT2D eigenvalue weighted by Gasteiger charge is -2.45. The lowest BCUT2D eigenvalue weighted by atomic mass is 9.97. The maximum Gasteiger partial charge on any atom is 0.302 e. The SMILES string of the molecule is CC(=O)OCC1O[C@@H](OC2C(O)[C@H](O)C(COC(C)=O)O[C@@H]2O)C(O)C(O)[C@@H]1O. The smallest absolute Gasteiger partial charge is 0.302 e. The molecule has 0 aromatic heterocycles. The molecule has 0 amide bonds. The van der Waals surface area contributed by atoms with Gasteiger partial charge in [0.05, 0.1) is 0 Å². The first-order chi connectivity index (χ1) is 13.5. The average Bonchev–Trinajstić information content (AvgIpc) is 2.65. The molecule has 0 bridgehead atoms. The number of ether oxygens (including phenoxy) is 5. The fourth-order valence-corrected chi connectivity index (χ4v) is 2.93. The molecule has 13 heteroatoms.